The minimum atomic E-state index is -0.166. The predicted molar refractivity (Wildman–Crippen MR) is 110 cm³/mol. The number of nitrogens with zero attached hydrogens (tertiary/aromatic N) is 3. The number of carbonyl (C=O) groups is 1. The molecule has 1 saturated heterocycles. The Hall–Kier alpha value is -3.35. The van der Waals surface area contributed by atoms with Crippen molar-refractivity contribution in [3.8, 4) is 11.3 Å². The average molecular weight is 376 g/mol. The van der Waals surface area contributed by atoms with Gasteiger partial charge in [0.2, 0.25) is 0 Å². The van der Waals surface area contributed by atoms with Crippen LogP contribution in [-0.2, 0) is 0 Å². The highest BCUT2D eigenvalue weighted by Gasteiger charge is 2.23. The van der Waals surface area contributed by atoms with Crippen LogP contribution in [0.2, 0.25) is 0 Å². The number of rotatable bonds is 4. The molecule has 1 aliphatic rings. The van der Waals surface area contributed by atoms with Crippen molar-refractivity contribution in [2.45, 2.75) is 25.8 Å². The van der Waals surface area contributed by atoms with Gasteiger partial charge in [-0.05, 0) is 43.5 Å². The number of benzene rings is 1. The lowest BCUT2D eigenvalue weighted by molar-refractivity contribution is 0.246. The summed E-state index contributed by atoms with van der Waals surface area (Å²) >= 11 is 0. The fourth-order valence-electron chi connectivity index (χ4n) is 3.51. The van der Waals surface area contributed by atoms with Gasteiger partial charge in [0.25, 0.3) is 0 Å². The third kappa shape index (κ3) is 4.14. The third-order valence-electron chi connectivity index (χ3n) is 5.03. The van der Waals surface area contributed by atoms with Crippen molar-refractivity contribution in [2.75, 3.05) is 23.3 Å². The van der Waals surface area contributed by atoms with Gasteiger partial charge in [0.1, 0.15) is 0 Å². The molecule has 144 valence electrons. The SMILES string of the molecule is Cc1ccccc1NC(=O)N[C@@H]1CCCN(c2cc(-c3ccncc3)[nH]n2)C1. The minimum absolute atomic E-state index is 0.0823. The quantitative estimate of drug-likeness (QED) is 0.650. The Morgan fingerprint density at radius 3 is 2.86 bits per heavy atom. The molecule has 0 unspecified atom stereocenters. The van der Waals surface area contributed by atoms with Crippen LogP contribution in [0.1, 0.15) is 18.4 Å². The molecule has 1 aromatic carbocycles. The number of para-hydroxylation sites is 1. The van der Waals surface area contributed by atoms with Crippen LogP contribution >= 0.6 is 0 Å². The molecule has 0 aliphatic carbocycles. The first-order valence-corrected chi connectivity index (χ1v) is 9.53. The van der Waals surface area contributed by atoms with E-state index in [9.17, 15) is 4.79 Å². The zero-order valence-corrected chi connectivity index (χ0v) is 15.9. The molecule has 1 fully saturated rings. The van der Waals surface area contributed by atoms with Crippen molar-refractivity contribution in [3.63, 3.8) is 0 Å². The zero-order chi connectivity index (χ0) is 19.3. The van der Waals surface area contributed by atoms with Crippen LogP contribution in [0.5, 0.6) is 0 Å². The number of piperidine rings is 1. The average Bonchev–Trinajstić information content (AvgIpc) is 3.21. The van der Waals surface area contributed by atoms with E-state index in [0.29, 0.717) is 0 Å². The molecule has 3 N–H and O–H groups in total. The third-order valence-corrected chi connectivity index (χ3v) is 5.03. The Labute approximate surface area is 164 Å². The molecule has 7 nitrogen and oxygen atoms in total. The summed E-state index contributed by atoms with van der Waals surface area (Å²) in [6, 6.07) is 13.6. The van der Waals surface area contributed by atoms with Crippen LogP contribution in [0.15, 0.2) is 54.9 Å². The van der Waals surface area contributed by atoms with E-state index in [2.05, 4.69) is 30.7 Å². The van der Waals surface area contributed by atoms with E-state index in [-0.39, 0.29) is 12.1 Å². The molecule has 0 radical (unpaired) electrons. The van der Waals surface area contributed by atoms with Gasteiger partial charge in [0.15, 0.2) is 5.82 Å². The van der Waals surface area contributed by atoms with Gasteiger partial charge in [-0.15, -0.1) is 0 Å². The van der Waals surface area contributed by atoms with E-state index in [1.165, 1.54) is 0 Å². The lowest BCUT2D eigenvalue weighted by atomic mass is 10.1. The Bertz CT molecular complexity index is 939. The van der Waals surface area contributed by atoms with Crippen LogP contribution < -0.4 is 15.5 Å². The molecule has 2 amide bonds. The largest absolute Gasteiger partial charge is 0.353 e. The molecule has 4 rings (SSSR count). The number of hydrogen-bond acceptors (Lipinski definition) is 4. The summed E-state index contributed by atoms with van der Waals surface area (Å²) in [5.41, 5.74) is 3.90. The lowest BCUT2D eigenvalue weighted by Crippen LogP contribution is -2.49. The van der Waals surface area contributed by atoms with Gasteiger partial charge < -0.3 is 15.5 Å². The molecule has 2 aromatic heterocycles. The molecule has 7 heteroatoms. The number of aryl methyl sites for hydroxylation is 1. The molecule has 0 saturated carbocycles. The number of H-pyrrole nitrogens is 1. The summed E-state index contributed by atoms with van der Waals surface area (Å²) in [4.78, 5) is 18.7. The number of nitrogens with one attached hydrogen (secondary N) is 3. The normalized spacial score (nSPS) is 16.6. The molecule has 0 bridgehead atoms. The van der Waals surface area contributed by atoms with Gasteiger partial charge in [-0.1, -0.05) is 18.2 Å². The summed E-state index contributed by atoms with van der Waals surface area (Å²) in [5.74, 6) is 0.901. The first-order valence-electron chi connectivity index (χ1n) is 9.53. The number of carbonyl (C=O) groups excluding carboxylic acids is 1. The summed E-state index contributed by atoms with van der Waals surface area (Å²) in [6.07, 6.45) is 5.50. The molecule has 3 heterocycles. The second-order valence-electron chi connectivity index (χ2n) is 7.07. The second-order valence-corrected chi connectivity index (χ2v) is 7.07. The van der Waals surface area contributed by atoms with Gasteiger partial charge in [0, 0.05) is 48.8 Å². The van der Waals surface area contributed by atoms with Gasteiger partial charge in [0.05, 0.1) is 5.69 Å². The van der Waals surface area contributed by atoms with E-state index < -0.39 is 0 Å². The maximum Gasteiger partial charge on any atom is 0.319 e. The van der Waals surface area contributed by atoms with Crippen LogP contribution in [0.3, 0.4) is 0 Å². The minimum Gasteiger partial charge on any atom is -0.353 e. The first kappa shape index (κ1) is 18.0. The summed E-state index contributed by atoms with van der Waals surface area (Å²) in [5, 5.41) is 13.6. The molecule has 0 spiro atoms. The maximum atomic E-state index is 12.4. The van der Waals surface area contributed by atoms with E-state index in [1.807, 2.05) is 49.4 Å². The lowest BCUT2D eigenvalue weighted by Gasteiger charge is -2.33. The van der Waals surface area contributed by atoms with E-state index >= 15 is 0 Å². The van der Waals surface area contributed by atoms with Gasteiger partial charge in [-0.3, -0.25) is 10.1 Å². The second kappa shape index (κ2) is 8.12. The predicted octanol–water partition coefficient (Wildman–Crippen LogP) is 3.57. The number of aromatic amines is 1. The maximum absolute atomic E-state index is 12.4. The van der Waals surface area contributed by atoms with Gasteiger partial charge >= 0.3 is 6.03 Å². The summed E-state index contributed by atoms with van der Waals surface area (Å²) < 4.78 is 0. The fourth-order valence-corrected chi connectivity index (χ4v) is 3.51. The summed E-state index contributed by atoms with van der Waals surface area (Å²) in [6.45, 7) is 3.65. The number of urea groups is 1. The smallest absolute Gasteiger partial charge is 0.319 e. The zero-order valence-electron chi connectivity index (χ0n) is 15.9. The molecular weight excluding hydrogens is 352 g/mol. The highest BCUT2D eigenvalue weighted by Crippen LogP contribution is 2.24. The molecule has 1 aliphatic heterocycles. The van der Waals surface area contributed by atoms with Crippen molar-refractivity contribution in [2.24, 2.45) is 0 Å². The summed E-state index contributed by atoms with van der Waals surface area (Å²) in [7, 11) is 0. The number of aromatic nitrogens is 3. The van der Waals surface area contributed by atoms with Crippen LogP contribution in [0.25, 0.3) is 11.3 Å². The van der Waals surface area contributed by atoms with Gasteiger partial charge in [-0.2, -0.15) is 5.10 Å². The van der Waals surface area contributed by atoms with Gasteiger partial charge in [-0.25, -0.2) is 4.79 Å². The van der Waals surface area contributed by atoms with Crippen molar-refractivity contribution in [1.29, 1.82) is 0 Å². The van der Waals surface area contributed by atoms with Crippen molar-refractivity contribution < 1.29 is 4.79 Å². The number of anilines is 2. The topological polar surface area (TPSA) is 85.9 Å². The van der Waals surface area contributed by atoms with Crippen molar-refractivity contribution in [3.05, 3.63) is 60.4 Å². The number of hydrogen-bond donors (Lipinski definition) is 3. The highest BCUT2D eigenvalue weighted by molar-refractivity contribution is 5.90. The molecule has 28 heavy (non-hydrogen) atoms. The Kier molecular flexibility index (Phi) is 5.23. The standard InChI is InChI=1S/C21H24N6O/c1-15-5-2-3-7-18(15)24-21(28)23-17-6-4-12-27(14-17)20-13-19(25-26-20)16-8-10-22-11-9-16/h2-3,5,7-11,13,17H,4,6,12,14H2,1H3,(H,25,26)(H2,23,24,28)/t17-/m1/s1. The van der Waals surface area contributed by atoms with E-state index in [0.717, 1.165) is 54.3 Å². The molecule has 3 aromatic rings. The molecule has 1 atom stereocenters. The first-order chi connectivity index (χ1) is 13.7. The van der Waals surface area contributed by atoms with Crippen molar-refractivity contribution >= 4 is 17.5 Å². The van der Waals surface area contributed by atoms with Crippen LogP contribution in [0, 0.1) is 6.92 Å². The Morgan fingerprint density at radius 1 is 1.21 bits per heavy atom. The number of amides is 2. The van der Waals surface area contributed by atoms with Crippen LogP contribution in [0.4, 0.5) is 16.3 Å². The Morgan fingerprint density at radius 2 is 2.04 bits per heavy atom. The van der Waals surface area contributed by atoms with Crippen LogP contribution in [-0.4, -0.2) is 40.3 Å². The Balaban J connectivity index is 1.37. The van der Waals surface area contributed by atoms with E-state index in [1.54, 1.807) is 12.4 Å². The monoisotopic (exact) mass is 376 g/mol. The molecular formula is C21H24N6O. The highest BCUT2D eigenvalue weighted by atomic mass is 16.2. The number of pyridine rings is 1. The van der Waals surface area contributed by atoms with Crippen molar-refractivity contribution in [1.82, 2.24) is 20.5 Å². The van der Waals surface area contributed by atoms with E-state index in [4.69, 9.17) is 0 Å². The fraction of sp³-hybridized carbons (Fsp3) is 0.286.